The number of likely N-dealkylation sites (N-methyl/N-ethyl adjacent to an activating group) is 1. The van der Waals surface area contributed by atoms with Crippen molar-refractivity contribution in [3.05, 3.63) is 26.9 Å². The molecule has 0 aliphatic carbocycles. The van der Waals surface area contributed by atoms with Crippen molar-refractivity contribution in [2.24, 2.45) is 0 Å². The minimum atomic E-state index is 0.0191. The number of methoxy groups -OCH3 is 1. The summed E-state index contributed by atoms with van der Waals surface area (Å²) in [6.07, 6.45) is 4.30. The van der Waals surface area contributed by atoms with Gasteiger partial charge in [0.1, 0.15) is 0 Å². The highest BCUT2D eigenvalue weighted by Crippen LogP contribution is 2.20. The molecule has 5 heteroatoms. The van der Waals surface area contributed by atoms with Crippen LogP contribution in [0.4, 0.5) is 0 Å². The standard InChI is InChI=1S/C12H16BrNO2S/c1-14(6-3-7-16-2)12(15)5-4-11-8-10(13)9-17-11/h4-5,8-9H,3,6-7H2,1-2H3/b5-4+. The quantitative estimate of drug-likeness (QED) is 0.596. The first-order chi connectivity index (χ1) is 8.13. The Bertz CT molecular complexity index is 390. The molecule has 0 spiro atoms. The fraction of sp³-hybridized carbons (Fsp3) is 0.417. The van der Waals surface area contributed by atoms with Crippen LogP contribution in [0.1, 0.15) is 11.3 Å². The molecule has 0 unspecified atom stereocenters. The molecule has 94 valence electrons. The Balaban J connectivity index is 2.40. The predicted octanol–water partition coefficient (Wildman–Crippen LogP) is 3.02. The molecular formula is C12H16BrNO2S. The summed E-state index contributed by atoms with van der Waals surface area (Å²) in [6, 6.07) is 1.99. The molecule has 0 saturated heterocycles. The van der Waals surface area contributed by atoms with Gasteiger partial charge in [-0.2, -0.15) is 0 Å². The molecule has 1 heterocycles. The summed E-state index contributed by atoms with van der Waals surface area (Å²) < 4.78 is 5.99. The van der Waals surface area contributed by atoms with Gasteiger partial charge in [0.25, 0.3) is 0 Å². The maximum absolute atomic E-state index is 11.7. The lowest BCUT2D eigenvalue weighted by Crippen LogP contribution is -2.26. The van der Waals surface area contributed by atoms with Crippen molar-refractivity contribution in [1.29, 1.82) is 0 Å². The van der Waals surface area contributed by atoms with Crippen molar-refractivity contribution in [3.63, 3.8) is 0 Å². The van der Waals surface area contributed by atoms with Crippen LogP contribution in [0.5, 0.6) is 0 Å². The van der Waals surface area contributed by atoms with Crippen molar-refractivity contribution in [2.75, 3.05) is 27.3 Å². The Morgan fingerprint density at radius 1 is 1.65 bits per heavy atom. The van der Waals surface area contributed by atoms with Crippen LogP contribution in [-0.4, -0.2) is 38.1 Å². The molecule has 0 aromatic carbocycles. The summed E-state index contributed by atoms with van der Waals surface area (Å²) in [5.74, 6) is 0.0191. The SMILES string of the molecule is COCCCN(C)C(=O)/C=C/c1cc(Br)cs1. The third kappa shape index (κ3) is 5.48. The van der Waals surface area contributed by atoms with Crippen molar-refractivity contribution in [2.45, 2.75) is 6.42 Å². The van der Waals surface area contributed by atoms with Gasteiger partial charge in [0.2, 0.25) is 5.91 Å². The molecule has 0 bridgehead atoms. The van der Waals surface area contributed by atoms with E-state index in [-0.39, 0.29) is 5.91 Å². The summed E-state index contributed by atoms with van der Waals surface area (Å²) in [7, 11) is 3.46. The molecule has 1 aromatic heterocycles. The van der Waals surface area contributed by atoms with E-state index < -0.39 is 0 Å². The summed E-state index contributed by atoms with van der Waals surface area (Å²) in [5.41, 5.74) is 0. The first-order valence-electron chi connectivity index (χ1n) is 5.29. The highest BCUT2D eigenvalue weighted by molar-refractivity contribution is 9.10. The van der Waals surface area contributed by atoms with E-state index in [9.17, 15) is 4.79 Å². The molecule has 1 aromatic rings. The van der Waals surface area contributed by atoms with Crippen LogP contribution in [-0.2, 0) is 9.53 Å². The number of ether oxygens (including phenoxy) is 1. The second-order valence-electron chi connectivity index (χ2n) is 3.61. The van der Waals surface area contributed by atoms with E-state index in [1.54, 1.807) is 36.5 Å². The van der Waals surface area contributed by atoms with Gasteiger partial charge in [-0.1, -0.05) is 0 Å². The molecule has 3 nitrogen and oxygen atoms in total. The van der Waals surface area contributed by atoms with Crippen LogP contribution in [0.2, 0.25) is 0 Å². The van der Waals surface area contributed by atoms with Crippen LogP contribution < -0.4 is 0 Å². The zero-order valence-corrected chi connectivity index (χ0v) is 12.4. The first-order valence-corrected chi connectivity index (χ1v) is 6.97. The molecule has 1 amide bonds. The predicted molar refractivity (Wildman–Crippen MR) is 75.2 cm³/mol. The molecule has 0 saturated carbocycles. The van der Waals surface area contributed by atoms with Crippen molar-refractivity contribution < 1.29 is 9.53 Å². The van der Waals surface area contributed by atoms with Gasteiger partial charge in [-0.3, -0.25) is 4.79 Å². The minimum Gasteiger partial charge on any atom is -0.385 e. The zero-order chi connectivity index (χ0) is 12.7. The van der Waals surface area contributed by atoms with Gasteiger partial charge in [-0.05, 0) is 34.5 Å². The monoisotopic (exact) mass is 317 g/mol. The number of halogens is 1. The molecule has 0 aliphatic heterocycles. The van der Waals surface area contributed by atoms with Gasteiger partial charge >= 0.3 is 0 Å². The third-order valence-corrected chi connectivity index (χ3v) is 3.85. The Morgan fingerprint density at radius 2 is 2.41 bits per heavy atom. The number of thiophene rings is 1. The first kappa shape index (κ1) is 14.4. The molecule has 17 heavy (non-hydrogen) atoms. The molecular weight excluding hydrogens is 302 g/mol. The molecule has 0 atom stereocenters. The lowest BCUT2D eigenvalue weighted by Gasteiger charge is -2.14. The van der Waals surface area contributed by atoms with Gasteiger partial charge in [-0.25, -0.2) is 0 Å². The highest BCUT2D eigenvalue weighted by atomic mass is 79.9. The normalized spacial score (nSPS) is 11.0. The van der Waals surface area contributed by atoms with E-state index in [0.29, 0.717) is 13.2 Å². The van der Waals surface area contributed by atoms with Crippen molar-refractivity contribution in [3.8, 4) is 0 Å². The van der Waals surface area contributed by atoms with E-state index in [1.165, 1.54) is 0 Å². The minimum absolute atomic E-state index is 0.0191. The Morgan fingerprint density at radius 3 is 3.00 bits per heavy atom. The maximum atomic E-state index is 11.7. The lowest BCUT2D eigenvalue weighted by molar-refractivity contribution is -0.124. The zero-order valence-electron chi connectivity index (χ0n) is 9.98. The number of hydrogen-bond donors (Lipinski definition) is 0. The molecule has 1 rings (SSSR count). The van der Waals surface area contributed by atoms with E-state index in [0.717, 1.165) is 15.8 Å². The number of amides is 1. The van der Waals surface area contributed by atoms with Crippen LogP contribution in [0.15, 0.2) is 22.0 Å². The highest BCUT2D eigenvalue weighted by Gasteiger charge is 2.04. The largest absolute Gasteiger partial charge is 0.385 e. The van der Waals surface area contributed by atoms with E-state index in [4.69, 9.17) is 4.74 Å². The Hall–Kier alpha value is -0.650. The maximum Gasteiger partial charge on any atom is 0.246 e. The summed E-state index contributed by atoms with van der Waals surface area (Å²) >= 11 is 4.98. The van der Waals surface area contributed by atoms with Gasteiger partial charge in [0.15, 0.2) is 0 Å². The van der Waals surface area contributed by atoms with Gasteiger partial charge < -0.3 is 9.64 Å². The number of carbonyl (C=O) groups is 1. The van der Waals surface area contributed by atoms with E-state index in [2.05, 4.69) is 15.9 Å². The smallest absolute Gasteiger partial charge is 0.246 e. The van der Waals surface area contributed by atoms with Gasteiger partial charge in [0, 0.05) is 48.1 Å². The van der Waals surface area contributed by atoms with Crippen LogP contribution in [0, 0.1) is 0 Å². The van der Waals surface area contributed by atoms with Gasteiger partial charge in [0.05, 0.1) is 0 Å². The van der Waals surface area contributed by atoms with Crippen molar-refractivity contribution >= 4 is 39.2 Å². The average molecular weight is 318 g/mol. The molecule has 0 N–H and O–H groups in total. The molecule has 0 fully saturated rings. The van der Waals surface area contributed by atoms with E-state index >= 15 is 0 Å². The molecule has 0 aliphatic rings. The topological polar surface area (TPSA) is 29.5 Å². The number of rotatable bonds is 6. The lowest BCUT2D eigenvalue weighted by atomic mass is 10.3. The fourth-order valence-electron chi connectivity index (χ4n) is 1.25. The van der Waals surface area contributed by atoms with Crippen LogP contribution >= 0.6 is 27.3 Å². The third-order valence-electron chi connectivity index (χ3n) is 2.20. The van der Waals surface area contributed by atoms with Crippen LogP contribution in [0.3, 0.4) is 0 Å². The second-order valence-corrected chi connectivity index (χ2v) is 5.47. The summed E-state index contributed by atoms with van der Waals surface area (Å²) in [5, 5.41) is 1.99. The van der Waals surface area contributed by atoms with Crippen LogP contribution in [0.25, 0.3) is 6.08 Å². The summed E-state index contributed by atoms with van der Waals surface area (Å²) in [4.78, 5) is 14.5. The molecule has 0 radical (unpaired) electrons. The average Bonchev–Trinajstić information content (AvgIpc) is 2.72. The fourth-order valence-corrected chi connectivity index (χ4v) is 2.59. The van der Waals surface area contributed by atoms with Gasteiger partial charge in [-0.15, -0.1) is 11.3 Å². The number of hydrogen-bond acceptors (Lipinski definition) is 3. The summed E-state index contributed by atoms with van der Waals surface area (Å²) in [6.45, 7) is 1.39. The number of carbonyl (C=O) groups excluding carboxylic acids is 1. The Kier molecular flexibility index (Phi) is 6.47. The second kappa shape index (κ2) is 7.63. The Labute approximate surface area is 114 Å². The van der Waals surface area contributed by atoms with E-state index in [1.807, 2.05) is 17.5 Å². The number of nitrogens with zero attached hydrogens (tertiary/aromatic N) is 1. The van der Waals surface area contributed by atoms with Crippen molar-refractivity contribution in [1.82, 2.24) is 4.90 Å².